The lowest BCUT2D eigenvalue weighted by atomic mass is 10.2. The summed E-state index contributed by atoms with van der Waals surface area (Å²) in [6.07, 6.45) is -0.909. The van der Waals surface area contributed by atoms with Crippen molar-refractivity contribution in [1.82, 2.24) is 0 Å². The lowest BCUT2D eigenvalue weighted by Crippen LogP contribution is -2.30. The fourth-order valence-corrected chi connectivity index (χ4v) is 1.91. The Bertz CT molecular complexity index is 743. The van der Waals surface area contributed by atoms with E-state index in [1.165, 1.54) is 19.1 Å². The molecule has 2 aromatic rings. The van der Waals surface area contributed by atoms with E-state index in [-0.39, 0.29) is 5.69 Å². The van der Waals surface area contributed by atoms with Gasteiger partial charge in [-0.2, -0.15) is 5.26 Å². The number of hydrogen-bond acceptors (Lipinski definition) is 3. The van der Waals surface area contributed by atoms with Crippen molar-refractivity contribution in [2.75, 3.05) is 5.32 Å². The molecule has 0 fully saturated rings. The Labute approximate surface area is 132 Å². The Morgan fingerprint density at radius 2 is 2.09 bits per heavy atom. The quantitative estimate of drug-likeness (QED) is 0.933. The van der Waals surface area contributed by atoms with E-state index in [9.17, 15) is 9.18 Å². The number of hydrogen-bond donors (Lipinski definition) is 1. The van der Waals surface area contributed by atoms with Gasteiger partial charge in [0, 0.05) is 5.02 Å². The molecule has 0 saturated carbocycles. The van der Waals surface area contributed by atoms with Crippen LogP contribution in [0.3, 0.4) is 0 Å². The Morgan fingerprint density at radius 3 is 2.82 bits per heavy atom. The standard InChI is InChI=1S/C16H12ClFN2O2/c1-10(22-15-5-3-2-4-11(15)9-19)16(21)20-14-8-12(17)6-7-13(14)18/h2-8,10H,1H3,(H,20,21). The summed E-state index contributed by atoms with van der Waals surface area (Å²) in [6.45, 7) is 1.51. The molecule has 0 aromatic heterocycles. The molecule has 22 heavy (non-hydrogen) atoms. The van der Waals surface area contributed by atoms with Crippen LogP contribution < -0.4 is 10.1 Å². The highest BCUT2D eigenvalue weighted by Crippen LogP contribution is 2.21. The minimum atomic E-state index is -0.909. The van der Waals surface area contributed by atoms with Crippen molar-refractivity contribution >= 4 is 23.2 Å². The zero-order chi connectivity index (χ0) is 16.1. The summed E-state index contributed by atoms with van der Waals surface area (Å²) >= 11 is 5.76. The predicted octanol–water partition coefficient (Wildman–Crippen LogP) is 3.76. The molecule has 0 bridgehead atoms. The molecule has 2 rings (SSSR count). The van der Waals surface area contributed by atoms with Crippen molar-refractivity contribution < 1.29 is 13.9 Å². The third-order valence-corrected chi connectivity index (χ3v) is 3.10. The van der Waals surface area contributed by atoms with E-state index < -0.39 is 17.8 Å². The van der Waals surface area contributed by atoms with Gasteiger partial charge >= 0.3 is 0 Å². The molecule has 112 valence electrons. The summed E-state index contributed by atoms with van der Waals surface area (Å²) in [5.41, 5.74) is 0.289. The highest BCUT2D eigenvalue weighted by molar-refractivity contribution is 6.30. The topological polar surface area (TPSA) is 62.1 Å². The molecule has 4 nitrogen and oxygen atoms in total. The maximum absolute atomic E-state index is 13.6. The van der Waals surface area contributed by atoms with Crippen molar-refractivity contribution in [3.63, 3.8) is 0 Å². The van der Waals surface area contributed by atoms with Crippen LogP contribution in [0, 0.1) is 17.1 Å². The third kappa shape index (κ3) is 3.74. The maximum atomic E-state index is 13.6. The van der Waals surface area contributed by atoms with Gasteiger partial charge in [-0.25, -0.2) is 4.39 Å². The molecule has 0 radical (unpaired) electrons. The fourth-order valence-electron chi connectivity index (χ4n) is 1.73. The molecule has 0 aliphatic heterocycles. The van der Waals surface area contributed by atoms with Crippen LogP contribution in [0.5, 0.6) is 5.75 Å². The molecule has 0 saturated heterocycles. The summed E-state index contributed by atoms with van der Waals surface area (Å²) in [5, 5.41) is 11.7. The second-order valence-electron chi connectivity index (χ2n) is 4.48. The molecular weight excluding hydrogens is 307 g/mol. The van der Waals surface area contributed by atoms with Crippen molar-refractivity contribution in [3.8, 4) is 11.8 Å². The number of carbonyl (C=O) groups excluding carboxylic acids is 1. The average Bonchev–Trinajstić information content (AvgIpc) is 2.51. The number of anilines is 1. The summed E-state index contributed by atoms with van der Waals surface area (Å²) < 4.78 is 19.0. The van der Waals surface area contributed by atoms with E-state index in [0.29, 0.717) is 16.3 Å². The molecule has 1 amide bonds. The fraction of sp³-hybridized carbons (Fsp3) is 0.125. The SMILES string of the molecule is CC(Oc1ccccc1C#N)C(=O)Nc1cc(Cl)ccc1F. The number of amides is 1. The molecule has 0 heterocycles. The first-order valence-corrected chi connectivity index (χ1v) is 6.80. The Kier molecular flexibility index (Phi) is 4.97. The first-order chi connectivity index (χ1) is 10.5. The van der Waals surface area contributed by atoms with Gasteiger partial charge in [0.1, 0.15) is 17.6 Å². The first kappa shape index (κ1) is 15.8. The third-order valence-electron chi connectivity index (χ3n) is 2.87. The number of rotatable bonds is 4. The largest absolute Gasteiger partial charge is 0.480 e. The van der Waals surface area contributed by atoms with Crippen LogP contribution in [-0.2, 0) is 4.79 Å². The number of nitriles is 1. The molecule has 6 heteroatoms. The van der Waals surface area contributed by atoms with E-state index in [2.05, 4.69) is 5.32 Å². The number of carbonyl (C=O) groups is 1. The molecule has 0 aliphatic rings. The van der Waals surface area contributed by atoms with Gasteiger partial charge in [-0.1, -0.05) is 23.7 Å². The molecular formula is C16H12ClFN2O2. The average molecular weight is 319 g/mol. The number of ether oxygens (including phenoxy) is 1. The first-order valence-electron chi connectivity index (χ1n) is 6.43. The second-order valence-corrected chi connectivity index (χ2v) is 4.92. The van der Waals surface area contributed by atoms with Crippen LogP contribution in [0.4, 0.5) is 10.1 Å². The number of nitrogens with one attached hydrogen (secondary N) is 1. The van der Waals surface area contributed by atoms with Crippen LogP contribution in [-0.4, -0.2) is 12.0 Å². The van der Waals surface area contributed by atoms with Crippen LogP contribution in [0.15, 0.2) is 42.5 Å². The molecule has 0 spiro atoms. The Balaban J connectivity index is 2.10. The summed E-state index contributed by atoms with van der Waals surface area (Å²) in [6, 6.07) is 12.4. The summed E-state index contributed by atoms with van der Waals surface area (Å²) in [5.74, 6) is -0.851. The maximum Gasteiger partial charge on any atom is 0.265 e. The second kappa shape index (κ2) is 6.92. The van der Waals surface area contributed by atoms with Gasteiger partial charge in [0.05, 0.1) is 11.3 Å². The van der Waals surface area contributed by atoms with Crippen molar-refractivity contribution in [2.45, 2.75) is 13.0 Å². The van der Waals surface area contributed by atoms with Gasteiger partial charge < -0.3 is 10.1 Å². The lowest BCUT2D eigenvalue weighted by molar-refractivity contribution is -0.122. The van der Waals surface area contributed by atoms with Crippen molar-refractivity contribution in [1.29, 1.82) is 5.26 Å². The lowest BCUT2D eigenvalue weighted by Gasteiger charge is -2.15. The number of halogens is 2. The van der Waals surface area contributed by atoms with Gasteiger partial charge in [0.15, 0.2) is 6.10 Å². The number of nitrogens with zero attached hydrogens (tertiary/aromatic N) is 1. The summed E-state index contributed by atoms with van der Waals surface area (Å²) in [7, 11) is 0. The zero-order valence-electron chi connectivity index (χ0n) is 11.6. The number of para-hydroxylation sites is 1. The molecule has 1 atom stereocenters. The van der Waals surface area contributed by atoms with Crippen molar-refractivity contribution in [2.24, 2.45) is 0 Å². The van der Waals surface area contributed by atoms with Gasteiger partial charge in [0.25, 0.3) is 5.91 Å². The highest BCUT2D eigenvalue weighted by atomic mass is 35.5. The van der Waals surface area contributed by atoms with Gasteiger partial charge in [0.2, 0.25) is 0 Å². The summed E-state index contributed by atoms with van der Waals surface area (Å²) in [4.78, 5) is 12.1. The van der Waals surface area contributed by atoms with Gasteiger partial charge in [-0.15, -0.1) is 0 Å². The zero-order valence-corrected chi connectivity index (χ0v) is 12.4. The molecule has 1 N–H and O–H groups in total. The van der Waals surface area contributed by atoms with Gasteiger partial charge in [-0.05, 0) is 37.3 Å². The monoisotopic (exact) mass is 318 g/mol. The minimum Gasteiger partial charge on any atom is -0.480 e. The van der Waals surface area contributed by atoms with Crippen LogP contribution in [0.1, 0.15) is 12.5 Å². The Hall–Kier alpha value is -2.58. The molecule has 0 aliphatic carbocycles. The van der Waals surface area contributed by atoms with Crippen LogP contribution in [0.25, 0.3) is 0 Å². The van der Waals surface area contributed by atoms with E-state index >= 15 is 0 Å². The predicted molar refractivity (Wildman–Crippen MR) is 81.3 cm³/mol. The molecule has 1 unspecified atom stereocenters. The van der Waals surface area contributed by atoms with Crippen LogP contribution >= 0.6 is 11.6 Å². The van der Waals surface area contributed by atoms with E-state index in [0.717, 1.165) is 6.07 Å². The Morgan fingerprint density at radius 1 is 1.36 bits per heavy atom. The minimum absolute atomic E-state index is 0.0264. The molecule has 2 aromatic carbocycles. The highest BCUT2D eigenvalue weighted by Gasteiger charge is 2.18. The smallest absolute Gasteiger partial charge is 0.265 e. The number of benzene rings is 2. The van der Waals surface area contributed by atoms with E-state index in [1.54, 1.807) is 24.3 Å². The van der Waals surface area contributed by atoms with Crippen molar-refractivity contribution in [3.05, 3.63) is 58.9 Å². The normalized spacial score (nSPS) is 11.4. The van der Waals surface area contributed by atoms with Crippen LogP contribution in [0.2, 0.25) is 5.02 Å². The van der Waals surface area contributed by atoms with E-state index in [4.69, 9.17) is 21.6 Å². The van der Waals surface area contributed by atoms with Gasteiger partial charge in [-0.3, -0.25) is 4.79 Å². The van der Waals surface area contributed by atoms with E-state index in [1.807, 2.05) is 6.07 Å².